The molecule has 0 atom stereocenters. The topological polar surface area (TPSA) is 76.7 Å². The van der Waals surface area contributed by atoms with Gasteiger partial charge in [-0.05, 0) is 105 Å². The van der Waals surface area contributed by atoms with Crippen molar-refractivity contribution in [3.63, 3.8) is 0 Å². The first-order chi connectivity index (χ1) is 12.9. The van der Waals surface area contributed by atoms with Crippen LogP contribution in [0.25, 0.3) is 0 Å². The second kappa shape index (κ2) is 9.36. The largest absolute Gasteiger partial charge is 0.444 e. The SMILES string of the molecule is CC(C)(C)OC(=O)NC1CCC(C2CCC(NC(=O)OC(C)(C)C)CC2)CC1. The molecule has 6 nitrogen and oxygen atoms in total. The third kappa shape index (κ3) is 8.27. The van der Waals surface area contributed by atoms with E-state index in [2.05, 4.69) is 10.6 Å². The van der Waals surface area contributed by atoms with E-state index < -0.39 is 11.2 Å². The monoisotopic (exact) mass is 396 g/mol. The van der Waals surface area contributed by atoms with Crippen LogP contribution in [0.15, 0.2) is 0 Å². The van der Waals surface area contributed by atoms with Crippen molar-refractivity contribution in [3.05, 3.63) is 0 Å². The van der Waals surface area contributed by atoms with Crippen molar-refractivity contribution < 1.29 is 19.1 Å². The van der Waals surface area contributed by atoms with E-state index >= 15 is 0 Å². The molecule has 0 aromatic carbocycles. The molecule has 0 saturated heterocycles. The van der Waals surface area contributed by atoms with Crippen LogP contribution in [0.1, 0.15) is 92.9 Å². The molecule has 28 heavy (non-hydrogen) atoms. The number of carbonyl (C=O) groups is 2. The highest BCUT2D eigenvalue weighted by molar-refractivity contribution is 5.68. The number of nitrogens with one attached hydrogen (secondary N) is 2. The normalized spacial score (nSPS) is 28.9. The van der Waals surface area contributed by atoms with E-state index in [0.717, 1.165) is 63.2 Å². The van der Waals surface area contributed by atoms with Gasteiger partial charge in [0.2, 0.25) is 0 Å². The quantitative estimate of drug-likeness (QED) is 0.691. The van der Waals surface area contributed by atoms with Gasteiger partial charge in [-0.1, -0.05) is 0 Å². The maximum absolute atomic E-state index is 11.9. The second-order valence-electron chi connectivity index (χ2n) is 10.5. The van der Waals surface area contributed by atoms with Crippen LogP contribution in [-0.4, -0.2) is 35.5 Å². The van der Waals surface area contributed by atoms with E-state index in [4.69, 9.17) is 9.47 Å². The van der Waals surface area contributed by atoms with E-state index in [0.29, 0.717) is 0 Å². The number of alkyl carbamates (subject to hydrolysis) is 2. The standard InChI is InChI=1S/C22H40N2O4/c1-21(2,3)27-19(25)23-17-11-7-15(8-12-17)16-9-13-18(14-10-16)24-20(26)28-22(4,5)6/h15-18H,7-14H2,1-6H3,(H,23,25)(H,24,26). The number of ether oxygens (including phenoxy) is 2. The van der Waals surface area contributed by atoms with Crippen molar-refractivity contribution in [2.24, 2.45) is 11.8 Å². The number of rotatable bonds is 3. The first kappa shape index (κ1) is 22.8. The lowest BCUT2D eigenvalue weighted by Gasteiger charge is -2.38. The summed E-state index contributed by atoms with van der Waals surface area (Å²) in [5.41, 5.74) is -0.902. The molecule has 0 bridgehead atoms. The van der Waals surface area contributed by atoms with Gasteiger partial charge in [0.15, 0.2) is 0 Å². The predicted molar refractivity (Wildman–Crippen MR) is 110 cm³/mol. The van der Waals surface area contributed by atoms with Crippen LogP contribution in [0.3, 0.4) is 0 Å². The Morgan fingerprint density at radius 3 is 1.14 bits per heavy atom. The van der Waals surface area contributed by atoms with Crippen molar-refractivity contribution in [1.29, 1.82) is 0 Å². The molecule has 2 fully saturated rings. The summed E-state index contributed by atoms with van der Waals surface area (Å²) in [5.74, 6) is 1.47. The molecule has 2 amide bonds. The molecule has 0 aromatic heterocycles. The fraction of sp³-hybridized carbons (Fsp3) is 0.909. The number of hydrogen-bond donors (Lipinski definition) is 2. The number of hydrogen-bond acceptors (Lipinski definition) is 4. The molecule has 2 aliphatic carbocycles. The van der Waals surface area contributed by atoms with Gasteiger partial charge in [-0.3, -0.25) is 0 Å². The number of carbonyl (C=O) groups excluding carboxylic acids is 2. The molecule has 0 radical (unpaired) electrons. The van der Waals surface area contributed by atoms with Crippen LogP contribution in [0.2, 0.25) is 0 Å². The second-order valence-corrected chi connectivity index (χ2v) is 10.5. The summed E-state index contributed by atoms with van der Waals surface area (Å²) in [7, 11) is 0. The van der Waals surface area contributed by atoms with Gasteiger partial charge in [-0.25, -0.2) is 9.59 Å². The van der Waals surface area contributed by atoms with Crippen LogP contribution in [0, 0.1) is 11.8 Å². The Morgan fingerprint density at radius 1 is 0.607 bits per heavy atom. The maximum atomic E-state index is 11.9. The molecule has 0 aliphatic heterocycles. The average molecular weight is 397 g/mol. The van der Waals surface area contributed by atoms with E-state index in [1.807, 2.05) is 41.5 Å². The Morgan fingerprint density at radius 2 is 0.893 bits per heavy atom. The van der Waals surface area contributed by atoms with E-state index in [1.165, 1.54) is 0 Å². The molecule has 2 N–H and O–H groups in total. The summed E-state index contributed by atoms with van der Waals surface area (Å²) in [6.45, 7) is 11.3. The summed E-state index contributed by atoms with van der Waals surface area (Å²) in [6.07, 6.45) is 8.16. The highest BCUT2D eigenvalue weighted by Crippen LogP contribution is 2.38. The Hall–Kier alpha value is -1.46. The van der Waals surface area contributed by atoms with Gasteiger partial charge in [0.05, 0.1) is 0 Å². The van der Waals surface area contributed by atoms with Gasteiger partial charge in [-0.15, -0.1) is 0 Å². The van der Waals surface area contributed by atoms with Crippen LogP contribution in [0.4, 0.5) is 9.59 Å². The van der Waals surface area contributed by atoms with Crippen LogP contribution in [0.5, 0.6) is 0 Å². The first-order valence-electron chi connectivity index (χ1n) is 10.9. The minimum atomic E-state index is -0.451. The van der Waals surface area contributed by atoms with E-state index in [-0.39, 0.29) is 24.3 Å². The Balaban J connectivity index is 1.67. The molecular weight excluding hydrogens is 356 g/mol. The lowest BCUT2D eigenvalue weighted by molar-refractivity contribution is 0.0450. The highest BCUT2D eigenvalue weighted by atomic mass is 16.6. The third-order valence-electron chi connectivity index (χ3n) is 5.65. The van der Waals surface area contributed by atoms with Crippen LogP contribution >= 0.6 is 0 Å². The van der Waals surface area contributed by atoms with Crippen LogP contribution in [-0.2, 0) is 9.47 Å². The summed E-state index contributed by atoms with van der Waals surface area (Å²) >= 11 is 0. The number of amides is 2. The van der Waals surface area contributed by atoms with E-state index in [9.17, 15) is 9.59 Å². The average Bonchev–Trinajstić information content (AvgIpc) is 2.52. The fourth-order valence-corrected chi connectivity index (χ4v) is 4.42. The molecule has 0 unspecified atom stereocenters. The molecule has 2 saturated carbocycles. The maximum Gasteiger partial charge on any atom is 0.407 e. The fourth-order valence-electron chi connectivity index (χ4n) is 4.42. The minimum absolute atomic E-state index is 0.233. The zero-order chi connectivity index (χ0) is 20.9. The van der Waals surface area contributed by atoms with Gasteiger partial charge in [0, 0.05) is 12.1 Å². The lowest BCUT2D eigenvalue weighted by Crippen LogP contribution is -2.43. The summed E-state index contributed by atoms with van der Waals surface area (Å²) < 4.78 is 10.7. The summed E-state index contributed by atoms with van der Waals surface area (Å²) in [5, 5.41) is 6.05. The third-order valence-corrected chi connectivity index (χ3v) is 5.65. The van der Waals surface area contributed by atoms with E-state index in [1.54, 1.807) is 0 Å². The van der Waals surface area contributed by atoms with Crippen molar-refractivity contribution >= 4 is 12.2 Å². The van der Waals surface area contributed by atoms with Gasteiger partial charge >= 0.3 is 12.2 Å². The molecule has 2 aliphatic rings. The smallest absolute Gasteiger partial charge is 0.407 e. The Labute approximate surface area is 170 Å². The molecule has 2 rings (SSSR count). The predicted octanol–water partition coefficient (Wildman–Crippen LogP) is 5.15. The highest BCUT2D eigenvalue weighted by Gasteiger charge is 2.32. The zero-order valence-electron chi connectivity index (χ0n) is 18.6. The van der Waals surface area contributed by atoms with Gasteiger partial charge in [0.25, 0.3) is 0 Å². The van der Waals surface area contributed by atoms with Crippen LogP contribution < -0.4 is 10.6 Å². The Bertz CT molecular complexity index is 472. The molecule has 0 aromatic rings. The molecule has 0 heterocycles. The minimum Gasteiger partial charge on any atom is -0.444 e. The lowest BCUT2D eigenvalue weighted by atomic mass is 9.71. The molecule has 0 spiro atoms. The molecule has 6 heteroatoms. The first-order valence-corrected chi connectivity index (χ1v) is 10.9. The molecule has 162 valence electrons. The molecular formula is C22H40N2O4. The Kier molecular flexibility index (Phi) is 7.63. The van der Waals surface area contributed by atoms with Gasteiger partial charge in [0.1, 0.15) is 11.2 Å². The van der Waals surface area contributed by atoms with Gasteiger partial charge in [-0.2, -0.15) is 0 Å². The van der Waals surface area contributed by atoms with Crippen molar-refractivity contribution in [2.45, 2.75) is 116 Å². The summed E-state index contributed by atoms with van der Waals surface area (Å²) in [6, 6.07) is 0.465. The van der Waals surface area contributed by atoms with Crippen molar-refractivity contribution in [1.82, 2.24) is 10.6 Å². The van der Waals surface area contributed by atoms with Crippen molar-refractivity contribution in [2.75, 3.05) is 0 Å². The van der Waals surface area contributed by atoms with Crippen molar-refractivity contribution in [3.8, 4) is 0 Å². The van der Waals surface area contributed by atoms with Gasteiger partial charge < -0.3 is 20.1 Å². The zero-order valence-corrected chi connectivity index (χ0v) is 18.6. The summed E-state index contributed by atoms with van der Waals surface area (Å²) in [4.78, 5) is 23.9.